The van der Waals surface area contributed by atoms with Gasteiger partial charge in [0.15, 0.2) is 0 Å². The summed E-state index contributed by atoms with van der Waals surface area (Å²) in [5.74, 6) is -0.668. The van der Waals surface area contributed by atoms with Gasteiger partial charge >= 0.3 is 0 Å². The van der Waals surface area contributed by atoms with Crippen LogP contribution in [0.4, 0.5) is 0 Å². The molecule has 1 atom stereocenters. The lowest BCUT2D eigenvalue weighted by Gasteiger charge is -2.00. The molecule has 3 heteroatoms. The van der Waals surface area contributed by atoms with Crippen LogP contribution in [-0.2, 0) is 9.59 Å². The average Bonchev–Trinajstić information content (AvgIpc) is 2.70. The van der Waals surface area contributed by atoms with Gasteiger partial charge in [0.05, 0.1) is 5.92 Å². The molecule has 107 valence electrons. The van der Waals surface area contributed by atoms with Crippen molar-refractivity contribution < 1.29 is 9.59 Å². The van der Waals surface area contributed by atoms with E-state index in [1.54, 1.807) is 0 Å². The van der Waals surface area contributed by atoms with Crippen LogP contribution >= 0.6 is 0 Å². The monoisotopic (exact) mass is 264 g/mol. The van der Waals surface area contributed by atoms with Gasteiger partial charge in [0.25, 0.3) is 5.91 Å². The molecule has 19 heavy (non-hydrogen) atoms. The summed E-state index contributed by atoms with van der Waals surface area (Å²) in [4.78, 5) is 22.2. The van der Waals surface area contributed by atoms with Gasteiger partial charge in [-0.1, -0.05) is 57.6 Å². The maximum absolute atomic E-state index is 11.3. The number of amides is 2. The molecule has 1 aliphatic heterocycles. The van der Waals surface area contributed by atoms with E-state index in [-0.39, 0.29) is 17.7 Å². The van der Waals surface area contributed by atoms with E-state index in [2.05, 4.69) is 18.3 Å². The summed E-state index contributed by atoms with van der Waals surface area (Å²) in [5, 5.41) is 3.42. The van der Waals surface area contributed by atoms with Crippen LogP contribution in [0, 0.1) is 5.92 Å². The quantitative estimate of drug-likeness (QED) is 0.343. The van der Waals surface area contributed by atoms with Crippen molar-refractivity contribution in [3.05, 3.63) is 12.2 Å². The third-order valence-corrected chi connectivity index (χ3v) is 3.57. The van der Waals surface area contributed by atoms with Gasteiger partial charge in [-0.15, -0.1) is 0 Å². The first-order valence-corrected chi connectivity index (χ1v) is 7.67. The number of nitrogens with zero attached hydrogens (tertiary/aromatic N) is 1. The van der Waals surface area contributed by atoms with Crippen molar-refractivity contribution in [2.24, 2.45) is 5.92 Å². The molecule has 1 rings (SSSR count). The standard InChI is InChI=1S/C16H26NO2/c1-2-3-4-5-6-7-8-9-10-11-12-14-13-15(18)17-16(14)19/h10-11,14H,2-9,12-13H2,1H3. The van der Waals surface area contributed by atoms with Gasteiger partial charge in [0.2, 0.25) is 5.91 Å². The van der Waals surface area contributed by atoms with Crippen LogP contribution < -0.4 is 5.32 Å². The Morgan fingerprint density at radius 1 is 1.05 bits per heavy atom. The van der Waals surface area contributed by atoms with Crippen molar-refractivity contribution >= 4 is 11.8 Å². The fraction of sp³-hybridized carbons (Fsp3) is 0.750. The van der Waals surface area contributed by atoms with Gasteiger partial charge in [-0.2, -0.15) is 5.32 Å². The molecule has 2 amide bonds. The Bertz CT molecular complexity index is 310. The number of hydrogen-bond donors (Lipinski definition) is 0. The Hall–Kier alpha value is -1.12. The molecule has 1 saturated heterocycles. The van der Waals surface area contributed by atoms with E-state index in [0.29, 0.717) is 12.8 Å². The van der Waals surface area contributed by atoms with E-state index in [1.807, 2.05) is 6.08 Å². The number of carbonyl (C=O) groups is 2. The molecule has 1 radical (unpaired) electrons. The Morgan fingerprint density at radius 3 is 2.37 bits per heavy atom. The highest BCUT2D eigenvalue weighted by atomic mass is 16.2. The molecule has 0 spiro atoms. The molecule has 0 aromatic heterocycles. The highest BCUT2D eigenvalue weighted by molar-refractivity contribution is 6.03. The van der Waals surface area contributed by atoms with Crippen molar-refractivity contribution in [1.82, 2.24) is 5.32 Å². The van der Waals surface area contributed by atoms with E-state index in [1.165, 1.54) is 44.9 Å². The lowest BCUT2D eigenvalue weighted by atomic mass is 10.0. The van der Waals surface area contributed by atoms with E-state index in [0.717, 1.165) is 6.42 Å². The summed E-state index contributed by atoms with van der Waals surface area (Å²) >= 11 is 0. The third kappa shape index (κ3) is 7.14. The van der Waals surface area contributed by atoms with Crippen molar-refractivity contribution in [2.75, 3.05) is 0 Å². The van der Waals surface area contributed by atoms with Crippen LogP contribution in [0.25, 0.3) is 0 Å². The Labute approximate surface area is 116 Å². The fourth-order valence-electron chi connectivity index (χ4n) is 2.34. The number of allylic oxidation sites excluding steroid dienone is 2. The lowest BCUT2D eigenvalue weighted by Crippen LogP contribution is -2.13. The lowest BCUT2D eigenvalue weighted by molar-refractivity contribution is -0.126. The minimum Gasteiger partial charge on any atom is -0.272 e. The van der Waals surface area contributed by atoms with Crippen molar-refractivity contribution in [2.45, 2.75) is 71.1 Å². The number of imide groups is 1. The maximum atomic E-state index is 11.3. The predicted octanol–water partition coefficient (Wildman–Crippen LogP) is 3.75. The molecule has 1 fully saturated rings. The summed E-state index contributed by atoms with van der Waals surface area (Å²) in [7, 11) is 0. The van der Waals surface area contributed by atoms with Gasteiger partial charge < -0.3 is 0 Å². The molecule has 3 nitrogen and oxygen atoms in total. The average molecular weight is 264 g/mol. The Morgan fingerprint density at radius 2 is 1.74 bits per heavy atom. The third-order valence-electron chi connectivity index (χ3n) is 3.57. The smallest absolute Gasteiger partial charge is 0.252 e. The van der Waals surface area contributed by atoms with Crippen LogP contribution in [0.15, 0.2) is 12.2 Å². The maximum Gasteiger partial charge on any atom is 0.252 e. The first-order chi connectivity index (χ1) is 9.24. The van der Waals surface area contributed by atoms with Crippen molar-refractivity contribution in [1.29, 1.82) is 0 Å². The second-order valence-electron chi connectivity index (χ2n) is 5.36. The van der Waals surface area contributed by atoms with Gasteiger partial charge in [0.1, 0.15) is 0 Å². The first-order valence-electron chi connectivity index (χ1n) is 7.67. The van der Waals surface area contributed by atoms with E-state index in [9.17, 15) is 9.59 Å². The van der Waals surface area contributed by atoms with Gasteiger partial charge in [0, 0.05) is 6.42 Å². The van der Waals surface area contributed by atoms with Crippen molar-refractivity contribution in [3.63, 3.8) is 0 Å². The van der Waals surface area contributed by atoms with Crippen LogP contribution in [0.5, 0.6) is 0 Å². The minimum atomic E-state index is -0.254. The molecule has 0 aromatic carbocycles. The zero-order chi connectivity index (χ0) is 13.9. The number of hydrogen-bond acceptors (Lipinski definition) is 2. The van der Waals surface area contributed by atoms with E-state index >= 15 is 0 Å². The second-order valence-corrected chi connectivity index (χ2v) is 5.36. The zero-order valence-corrected chi connectivity index (χ0v) is 12.1. The SMILES string of the molecule is CCCCCCCCCC=CCC1CC(=O)[N]C1=O. The van der Waals surface area contributed by atoms with Crippen LogP contribution in [-0.4, -0.2) is 11.8 Å². The van der Waals surface area contributed by atoms with Crippen molar-refractivity contribution in [3.8, 4) is 0 Å². The van der Waals surface area contributed by atoms with Crippen LogP contribution in [0.2, 0.25) is 0 Å². The summed E-state index contributed by atoms with van der Waals surface area (Å²) in [6.07, 6.45) is 15.5. The molecular formula is C16H26NO2. The Balaban J connectivity index is 1.93. The molecular weight excluding hydrogens is 238 g/mol. The molecule has 1 unspecified atom stereocenters. The second kappa shape index (κ2) is 9.76. The van der Waals surface area contributed by atoms with Gasteiger partial charge in [-0.25, -0.2) is 0 Å². The molecule has 0 saturated carbocycles. The molecule has 0 aliphatic carbocycles. The number of carbonyl (C=O) groups excluding carboxylic acids is 2. The summed E-state index contributed by atoms with van der Waals surface area (Å²) in [5.41, 5.74) is 0. The van der Waals surface area contributed by atoms with Crippen LogP contribution in [0.3, 0.4) is 0 Å². The largest absolute Gasteiger partial charge is 0.272 e. The van der Waals surface area contributed by atoms with E-state index < -0.39 is 0 Å². The molecule has 0 N–H and O–H groups in total. The highest BCUT2D eigenvalue weighted by Gasteiger charge is 2.31. The summed E-state index contributed by atoms with van der Waals surface area (Å²) < 4.78 is 0. The number of rotatable bonds is 10. The molecule has 0 bridgehead atoms. The summed E-state index contributed by atoms with van der Waals surface area (Å²) in [6.45, 7) is 2.24. The van der Waals surface area contributed by atoms with E-state index in [4.69, 9.17) is 0 Å². The topological polar surface area (TPSA) is 48.2 Å². The molecule has 1 heterocycles. The highest BCUT2D eigenvalue weighted by Crippen LogP contribution is 2.17. The van der Waals surface area contributed by atoms with Crippen LogP contribution in [0.1, 0.15) is 71.1 Å². The predicted molar refractivity (Wildman–Crippen MR) is 76.6 cm³/mol. The van der Waals surface area contributed by atoms with Gasteiger partial charge in [-0.3, -0.25) is 9.59 Å². The minimum absolute atomic E-state index is 0.183. The molecule has 0 aromatic rings. The first kappa shape index (κ1) is 15.9. The normalized spacial score (nSPS) is 19.3. The number of unbranched alkanes of at least 4 members (excludes halogenated alkanes) is 7. The fourth-order valence-corrected chi connectivity index (χ4v) is 2.34. The summed E-state index contributed by atoms with van der Waals surface area (Å²) in [6, 6.07) is 0. The zero-order valence-electron chi connectivity index (χ0n) is 12.1. The molecule has 1 aliphatic rings. The van der Waals surface area contributed by atoms with Gasteiger partial charge in [-0.05, 0) is 19.3 Å². The Kier molecular flexibility index (Phi) is 8.19.